The van der Waals surface area contributed by atoms with Gasteiger partial charge < -0.3 is 20.3 Å². The molecule has 0 saturated carbocycles. The van der Waals surface area contributed by atoms with Crippen molar-refractivity contribution in [2.24, 2.45) is 0 Å². The quantitative estimate of drug-likeness (QED) is 0.727. The van der Waals surface area contributed by atoms with E-state index in [-0.39, 0.29) is 30.5 Å². The SMILES string of the molecule is COc1ccc(N2CCC(NC(=O)CCNC(=O)c3ccc(F)cc3F)CC2)cc1. The summed E-state index contributed by atoms with van der Waals surface area (Å²) in [6.07, 6.45) is 1.74. The van der Waals surface area contributed by atoms with Gasteiger partial charge in [0.15, 0.2) is 0 Å². The summed E-state index contributed by atoms with van der Waals surface area (Å²) in [6.45, 7) is 1.74. The maximum absolute atomic E-state index is 13.6. The van der Waals surface area contributed by atoms with E-state index in [9.17, 15) is 18.4 Å². The fourth-order valence-corrected chi connectivity index (χ4v) is 3.43. The number of carbonyl (C=O) groups excluding carboxylic acids is 2. The molecule has 0 aromatic heterocycles. The smallest absolute Gasteiger partial charge is 0.254 e. The molecule has 2 amide bonds. The maximum Gasteiger partial charge on any atom is 0.254 e. The number of methoxy groups -OCH3 is 1. The Morgan fingerprint density at radius 1 is 1.10 bits per heavy atom. The van der Waals surface area contributed by atoms with E-state index in [1.165, 1.54) is 0 Å². The van der Waals surface area contributed by atoms with E-state index in [0.717, 1.165) is 49.5 Å². The molecule has 2 aromatic rings. The fraction of sp³-hybridized carbons (Fsp3) is 0.364. The number of amides is 2. The standard InChI is InChI=1S/C22H25F2N3O3/c1-30-18-5-3-17(4-6-18)27-12-9-16(10-13-27)26-21(28)8-11-25-22(29)19-7-2-15(23)14-20(19)24/h2-7,14,16H,8-13H2,1H3,(H,25,29)(H,26,28). The van der Waals surface area contributed by atoms with Crippen LogP contribution in [0.2, 0.25) is 0 Å². The number of benzene rings is 2. The van der Waals surface area contributed by atoms with Crippen LogP contribution in [0.4, 0.5) is 14.5 Å². The Morgan fingerprint density at radius 2 is 1.80 bits per heavy atom. The summed E-state index contributed by atoms with van der Waals surface area (Å²) in [5, 5.41) is 5.47. The minimum absolute atomic E-state index is 0.0756. The fourth-order valence-electron chi connectivity index (χ4n) is 3.43. The van der Waals surface area contributed by atoms with E-state index < -0.39 is 17.5 Å². The summed E-state index contributed by atoms with van der Waals surface area (Å²) in [5.41, 5.74) is 0.874. The Bertz CT molecular complexity index is 882. The Balaban J connectivity index is 1.38. The molecule has 1 fully saturated rings. The Labute approximate surface area is 174 Å². The third-order valence-corrected chi connectivity index (χ3v) is 5.11. The molecule has 3 rings (SSSR count). The molecule has 0 aliphatic carbocycles. The van der Waals surface area contributed by atoms with Gasteiger partial charge in [-0.1, -0.05) is 0 Å². The molecule has 1 heterocycles. The number of hydrogen-bond acceptors (Lipinski definition) is 4. The number of nitrogens with zero attached hydrogens (tertiary/aromatic N) is 1. The predicted molar refractivity (Wildman–Crippen MR) is 110 cm³/mol. The van der Waals surface area contributed by atoms with Gasteiger partial charge in [0.2, 0.25) is 5.91 Å². The second-order valence-corrected chi connectivity index (χ2v) is 7.16. The van der Waals surface area contributed by atoms with Crippen LogP contribution in [0.1, 0.15) is 29.6 Å². The van der Waals surface area contributed by atoms with Crippen molar-refractivity contribution in [2.75, 3.05) is 31.6 Å². The van der Waals surface area contributed by atoms with Crippen LogP contribution < -0.4 is 20.3 Å². The first kappa shape index (κ1) is 21.5. The minimum atomic E-state index is -0.930. The molecule has 2 N–H and O–H groups in total. The van der Waals surface area contributed by atoms with Crippen LogP contribution in [0.3, 0.4) is 0 Å². The maximum atomic E-state index is 13.6. The van der Waals surface area contributed by atoms with Gasteiger partial charge in [0.05, 0.1) is 12.7 Å². The molecule has 0 bridgehead atoms. The highest BCUT2D eigenvalue weighted by Gasteiger charge is 2.21. The monoisotopic (exact) mass is 417 g/mol. The lowest BCUT2D eigenvalue weighted by Crippen LogP contribution is -2.45. The summed E-state index contributed by atoms with van der Waals surface area (Å²) >= 11 is 0. The van der Waals surface area contributed by atoms with Gasteiger partial charge in [0.25, 0.3) is 5.91 Å². The number of nitrogens with one attached hydrogen (secondary N) is 2. The zero-order chi connectivity index (χ0) is 21.5. The van der Waals surface area contributed by atoms with Crippen molar-refractivity contribution in [1.82, 2.24) is 10.6 Å². The lowest BCUT2D eigenvalue weighted by atomic mass is 10.0. The van der Waals surface area contributed by atoms with Crippen molar-refractivity contribution in [3.05, 3.63) is 59.7 Å². The topological polar surface area (TPSA) is 70.7 Å². The predicted octanol–water partition coefficient (Wildman–Crippen LogP) is 2.88. The van der Waals surface area contributed by atoms with Crippen molar-refractivity contribution >= 4 is 17.5 Å². The van der Waals surface area contributed by atoms with Gasteiger partial charge in [-0.05, 0) is 49.2 Å². The highest BCUT2D eigenvalue weighted by atomic mass is 19.1. The van der Waals surface area contributed by atoms with E-state index in [2.05, 4.69) is 15.5 Å². The molecule has 1 aliphatic heterocycles. The van der Waals surface area contributed by atoms with Gasteiger partial charge in [-0.3, -0.25) is 9.59 Å². The number of anilines is 1. The van der Waals surface area contributed by atoms with Crippen LogP contribution in [-0.2, 0) is 4.79 Å². The minimum Gasteiger partial charge on any atom is -0.497 e. The van der Waals surface area contributed by atoms with Crippen LogP contribution >= 0.6 is 0 Å². The number of halogens is 2. The average molecular weight is 417 g/mol. The molecule has 0 atom stereocenters. The average Bonchev–Trinajstić information content (AvgIpc) is 2.74. The largest absolute Gasteiger partial charge is 0.497 e. The lowest BCUT2D eigenvalue weighted by Gasteiger charge is -2.34. The number of hydrogen-bond donors (Lipinski definition) is 2. The summed E-state index contributed by atoms with van der Waals surface area (Å²) in [7, 11) is 1.63. The lowest BCUT2D eigenvalue weighted by molar-refractivity contribution is -0.121. The molecule has 0 unspecified atom stereocenters. The highest BCUT2D eigenvalue weighted by molar-refractivity contribution is 5.94. The summed E-state index contributed by atoms with van der Waals surface area (Å²) in [5.74, 6) is -1.71. The van der Waals surface area contributed by atoms with Crippen molar-refractivity contribution in [3.63, 3.8) is 0 Å². The summed E-state index contributed by atoms with van der Waals surface area (Å²) in [6, 6.07) is 10.7. The molecule has 1 saturated heterocycles. The first-order valence-corrected chi connectivity index (χ1v) is 9.88. The van der Waals surface area contributed by atoms with E-state index in [4.69, 9.17) is 4.74 Å². The summed E-state index contributed by atoms with van der Waals surface area (Å²) < 4.78 is 31.7. The third kappa shape index (κ3) is 5.68. The number of carbonyl (C=O) groups is 2. The molecule has 0 spiro atoms. The number of piperidine rings is 1. The van der Waals surface area contributed by atoms with E-state index in [1.54, 1.807) is 7.11 Å². The molecule has 30 heavy (non-hydrogen) atoms. The van der Waals surface area contributed by atoms with Crippen LogP contribution in [0.5, 0.6) is 5.75 Å². The first-order chi connectivity index (χ1) is 14.5. The van der Waals surface area contributed by atoms with Crippen LogP contribution in [0.25, 0.3) is 0 Å². The zero-order valence-electron chi connectivity index (χ0n) is 16.8. The first-order valence-electron chi connectivity index (χ1n) is 9.88. The normalized spacial score (nSPS) is 14.3. The van der Waals surface area contributed by atoms with Crippen LogP contribution in [0, 0.1) is 11.6 Å². The Morgan fingerprint density at radius 3 is 2.43 bits per heavy atom. The van der Waals surface area contributed by atoms with Crippen molar-refractivity contribution in [2.45, 2.75) is 25.3 Å². The molecule has 6 nitrogen and oxygen atoms in total. The molecular weight excluding hydrogens is 392 g/mol. The molecular formula is C22H25F2N3O3. The highest BCUT2D eigenvalue weighted by Crippen LogP contribution is 2.22. The van der Waals surface area contributed by atoms with Gasteiger partial charge in [0.1, 0.15) is 17.4 Å². The van der Waals surface area contributed by atoms with Crippen molar-refractivity contribution in [3.8, 4) is 5.75 Å². The van der Waals surface area contributed by atoms with Crippen molar-refractivity contribution < 1.29 is 23.1 Å². The van der Waals surface area contributed by atoms with Gasteiger partial charge >= 0.3 is 0 Å². The van der Waals surface area contributed by atoms with Crippen molar-refractivity contribution in [1.29, 1.82) is 0 Å². The van der Waals surface area contributed by atoms with Gasteiger partial charge in [0, 0.05) is 43.9 Å². The number of rotatable bonds is 7. The van der Waals surface area contributed by atoms with Crippen LogP contribution in [0.15, 0.2) is 42.5 Å². The van der Waals surface area contributed by atoms with Gasteiger partial charge in [-0.15, -0.1) is 0 Å². The second kappa shape index (κ2) is 10.0. The molecule has 160 valence electrons. The van der Waals surface area contributed by atoms with Gasteiger partial charge in [-0.2, -0.15) is 0 Å². The molecule has 8 heteroatoms. The Kier molecular flexibility index (Phi) is 7.21. The van der Waals surface area contributed by atoms with Gasteiger partial charge in [-0.25, -0.2) is 8.78 Å². The second-order valence-electron chi connectivity index (χ2n) is 7.16. The van der Waals surface area contributed by atoms with E-state index >= 15 is 0 Å². The third-order valence-electron chi connectivity index (χ3n) is 5.11. The molecule has 1 aliphatic rings. The zero-order valence-corrected chi connectivity index (χ0v) is 16.8. The Hall–Kier alpha value is -3.16. The van der Waals surface area contributed by atoms with E-state index in [0.29, 0.717) is 6.07 Å². The van der Waals surface area contributed by atoms with Crippen LogP contribution in [-0.4, -0.2) is 44.6 Å². The van der Waals surface area contributed by atoms with E-state index in [1.807, 2.05) is 24.3 Å². The number of ether oxygens (including phenoxy) is 1. The molecule has 2 aromatic carbocycles. The molecule has 0 radical (unpaired) electrons. The summed E-state index contributed by atoms with van der Waals surface area (Å²) in [4.78, 5) is 26.4.